The first-order valence-corrected chi connectivity index (χ1v) is 11.2. The number of hydrogen-bond acceptors (Lipinski definition) is 4. The molecule has 0 saturated carbocycles. The number of imidazole rings is 1. The monoisotopic (exact) mass is 432 g/mol. The quantitative estimate of drug-likeness (QED) is 0.438. The highest BCUT2D eigenvalue weighted by atomic mass is 16.1. The van der Waals surface area contributed by atoms with Gasteiger partial charge in [0.25, 0.3) is 0 Å². The van der Waals surface area contributed by atoms with E-state index in [1.165, 1.54) is 5.56 Å². The van der Waals surface area contributed by atoms with Crippen molar-refractivity contribution in [3.63, 3.8) is 0 Å². The molecule has 0 bridgehead atoms. The zero-order chi connectivity index (χ0) is 22.8. The number of rotatable bonds is 8. The number of aryl methyl sites for hydroxylation is 3. The van der Waals surface area contributed by atoms with E-state index in [1.807, 2.05) is 23.0 Å². The number of aromatic nitrogens is 4. The third kappa shape index (κ3) is 3.96. The van der Waals surface area contributed by atoms with Gasteiger partial charge in [0.05, 0.1) is 22.3 Å². The summed E-state index contributed by atoms with van der Waals surface area (Å²) in [5.41, 5.74) is 7.27. The molecule has 4 aromatic rings. The summed E-state index contributed by atoms with van der Waals surface area (Å²) < 4.78 is 3.67. The van der Waals surface area contributed by atoms with Gasteiger partial charge >= 0.3 is 5.69 Å². The third-order valence-corrected chi connectivity index (χ3v) is 5.86. The summed E-state index contributed by atoms with van der Waals surface area (Å²) in [4.78, 5) is 15.0. The number of hydrogen-bond donors (Lipinski definition) is 2. The van der Waals surface area contributed by atoms with E-state index in [0.717, 1.165) is 52.3 Å². The zero-order valence-corrected chi connectivity index (χ0v) is 19.6. The number of H-pyrrole nitrogens is 1. The van der Waals surface area contributed by atoms with E-state index in [0.29, 0.717) is 13.1 Å². The van der Waals surface area contributed by atoms with Gasteiger partial charge in [-0.3, -0.25) is 14.2 Å². The highest BCUT2D eigenvalue weighted by molar-refractivity contribution is 5.92. The molecule has 0 saturated heterocycles. The number of benzene rings is 2. The van der Waals surface area contributed by atoms with Crippen LogP contribution in [0, 0.1) is 6.92 Å². The molecule has 2 heterocycles. The first-order chi connectivity index (χ1) is 15.4. The molecule has 2 N–H and O–H groups in total. The molecule has 0 fully saturated rings. The van der Waals surface area contributed by atoms with Crippen LogP contribution >= 0.6 is 0 Å². The van der Waals surface area contributed by atoms with Crippen molar-refractivity contribution >= 4 is 16.9 Å². The van der Waals surface area contributed by atoms with Crippen molar-refractivity contribution < 1.29 is 0 Å². The number of aromatic amines is 1. The van der Waals surface area contributed by atoms with Crippen molar-refractivity contribution in [2.24, 2.45) is 0 Å². The summed E-state index contributed by atoms with van der Waals surface area (Å²) in [6.45, 7) is 9.08. The fourth-order valence-electron chi connectivity index (χ4n) is 4.24. The van der Waals surface area contributed by atoms with Crippen molar-refractivity contribution in [3.8, 4) is 22.4 Å². The molecule has 168 valence electrons. The number of fused-ring (bicyclic) bond motifs is 1. The minimum Gasteiger partial charge on any atom is -0.367 e. The summed E-state index contributed by atoms with van der Waals surface area (Å²) in [6.07, 6.45) is 0. The highest BCUT2D eigenvalue weighted by Crippen LogP contribution is 2.37. The van der Waals surface area contributed by atoms with E-state index in [1.54, 1.807) is 0 Å². The van der Waals surface area contributed by atoms with Crippen LogP contribution in [-0.2, 0) is 13.1 Å². The molecular weight excluding hydrogens is 400 g/mol. The molecule has 0 unspecified atom stereocenters. The second-order valence-corrected chi connectivity index (χ2v) is 8.40. The van der Waals surface area contributed by atoms with E-state index in [9.17, 15) is 4.79 Å². The number of nitrogens with zero attached hydrogens (tertiary/aromatic N) is 4. The fourth-order valence-corrected chi connectivity index (χ4v) is 4.24. The average molecular weight is 433 g/mol. The van der Waals surface area contributed by atoms with Gasteiger partial charge in [-0.1, -0.05) is 29.8 Å². The Balaban J connectivity index is 1.89. The molecule has 0 aliphatic rings. The molecule has 0 radical (unpaired) electrons. The first-order valence-electron chi connectivity index (χ1n) is 11.2. The molecule has 4 rings (SSSR count). The maximum atomic E-state index is 12.8. The lowest BCUT2D eigenvalue weighted by Crippen LogP contribution is -2.23. The van der Waals surface area contributed by atoms with Crippen molar-refractivity contribution in [3.05, 3.63) is 58.5 Å². The smallest absolute Gasteiger partial charge is 0.329 e. The largest absolute Gasteiger partial charge is 0.367 e. The van der Waals surface area contributed by atoms with E-state index in [-0.39, 0.29) is 5.69 Å². The van der Waals surface area contributed by atoms with Crippen molar-refractivity contribution in [1.29, 1.82) is 0 Å². The summed E-state index contributed by atoms with van der Waals surface area (Å²) in [7, 11) is 4.11. The van der Waals surface area contributed by atoms with Crippen LogP contribution in [0.2, 0.25) is 0 Å². The minimum atomic E-state index is 0.0394. The van der Waals surface area contributed by atoms with Crippen LogP contribution in [-0.4, -0.2) is 51.4 Å². The number of nitrogens with one attached hydrogen (secondary N) is 2. The number of likely N-dealkylation sites (N-methyl/N-ethyl adjacent to an activating group) is 1. The van der Waals surface area contributed by atoms with Gasteiger partial charge in [0.15, 0.2) is 5.82 Å². The lowest BCUT2D eigenvalue weighted by atomic mass is 9.99. The maximum absolute atomic E-state index is 12.8. The standard InChI is InChI=1S/C25H32N6O/c1-6-30-20-12-11-18(16-21(20)31(7-2)25(30)32)22-23(19-10-8-9-17(3)15-19)27-28-24(22)26-13-14-29(4)5/h8-12,15-16H,6-7,13-14H2,1-5H3,(H2,26,27,28). The predicted octanol–water partition coefficient (Wildman–Crippen LogP) is 4.18. The molecule has 0 spiro atoms. The molecule has 32 heavy (non-hydrogen) atoms. The summed E-state index contributed by atoms with van der Waals surface area (Å²) in [5, 5.41) is 11.4. The Kier molecular flexibility index (Phi) is 6.19. The Morgan fingerprint density at radius 3 is 2.44 bits per heavy atom. The third-order valence-electron chi connectivity index (χ3n) is 5.86. The molecule has 0 amide bonds. The predicted molar refractivity (Wildman–Crippen MR) is 132 cm³/mol. The summed E-state index contributed by atoms with van der Waals surface area (Å²) in [6, 6.07) is 14.7. The second-order valence-electron chi connectivity index (χ2n) is 8.40. The molecule has 2 aromatic heterocycles. The van der Waals surface area contributed by atoms with Gasteiger partial charge in [-0.2, -0.15) is 5.10 Å². The van der Waals surface area contributed by atoms with Gasteiger partial charge in [0.1, 0.15) is 0 Å². The van der Waals surface area contributed by atoms with Crippen LogP contribution in [0.3, 0.4) is 0 Å². The van der Waals surface area contributed by atoms with Crippen LogP contribution < -0.4 is 11.0 Å². The van der Waals surface area contributed by atoms with E-state index in [4.69, 9.17) is 0 Å². The SMILES string of the molecule is CCn1c(=O)n(CC)c2cc(-c3c(NCCN(C)C)n[nH]c3-c3cccc(C)c3)ccc21. The first kappa shape index (κ1) is 21.9. The Bertz CT molecular complexity index is 1290. The Morgan fingerprint density at radius 1 is 1.00 bits per heavy atom. The Labute approximate surface area is 188 Å². The molecule has 7 nitrogen and oxygen atoms in total. The molecule has 7 heteroatoms. The lowest BCUT2D eigenvalue weighted by molar-refractivity contribution is 0.425. The zero-order valence-electron chi connectivity index (χ0n) is 19.6. The van der Waals surface area contributed by atoms with Crippen molar-refractivity contribution in [1.82, 2.24) is 24.2 Å². The van der Waals surface area contributed by atoms with E-state index >= 15 is 0 Å². The maximum Gasteiger partial charge on any atom is 0.329 e. The lowest BCUT2D eigenvalue weighted by Gasteiger charge is -2.12. The summed E-state index contributed by atoms with van der Waals surface area (Å²) >= 11 is 0. The van der Waals surface area contributed by atoms with E-state index < -0.39 is 0 Å². The topological polar surface area (TPSA) is 70.9 Å². The van der Waals surface area contributed by atoms with Crippen LogP contribution in [0.15, 0.2) is 47.3 Å². The van der Waals surface area contributed by atoms with Gasteiger partial charge in [-0.05, 0) is 58.6 Å². The molecule has 0 aliphatic heterocycles. The van der Waals surface area contributed by atoms with Gasteiger partial charge in [0.2, 0.25) is 0 Å². The van der Waals surface area contributed by atoms with Crippen LogP contribution in [0.1, 0.15) is 19.4 Å². The normalized spacial score (nSPS) is 11.6. The average Bonchev–Trinajstić information content (AvgIpc) is 3.30. The van der Waals surface area contributed by atoms with Crippen molar-refractivity contribution in [2.45, 2.75) is 33.9 Å². The van der Waals surface area contributed by atoms with Gasteiger partial charge in [0, 0.05) is 31.7 Å². The minimum absolute atomic E-state index is 0.0394. The molecule has 2 aromatic carbocycles. The Morgan fingerprint density at radius 2 is 1.75 bits per heavy atom. The summed E-state index contributed by atoms with van der Waals surface area (Å²) in [5.74, 6) is 0.822. The second kappa shape index (κ2) is 9.04. The van der Waals surface area contributed by atoms with E-state index in [2.05, 4.69) is 83.9 Å². The van der Waals surface area contributed by atoms with Gasteiger partial charge in [-0.25, -0.2) is 4.79 Å². The van der Waals surface area contributed by atoms with Gasteiger partial charge in [-0.15, -0.1) is 0 Å². The molecule has 0 atom stereocenters. The number of anilines is 1. The van der Waals surface area contributed by atoms with Crippen LogP contribution in [0.5, 0.6) is 0 Å². The molecule has 0 aliphatic carbocycles. The Hall–Kier alpha value is -3.32. The van der Waals surface area contributed by atoms with Crippen LogP contribution in [0.4, 0.5) is 5.82 Å². The molecular formula is C25H32N6O. The fraction of sp³-hybridized carbons (Fsp3) is 0.360. The van der Waals surface area contributed by atoms with Crippen molar-refractivity contribution in [2.75, 3.05) is 32.5 Å². The van der Waals surface area contributed by atoms with Gasteiger partial charge < -0.3 is 10.2 Å². The van der Waals surface area contributed by atoms with Crippen LogP contribution in [0.25, 0.3) is 33.4 Å². The highest BCUT2D eigenvalue weighted by Gasteiger charge is 2.19.